The highest BCUT2D eigenvalue weighted by atomic mass is 15.2. The molecular formula is C19H16N6. The van der Waals surface area contributed by atoms with Crippen LogP contribution in [0, 0.1) is 0 Å². The van der Waals surface area contributed by atoms with Crippen molar-refractivity contribution in [3.63, 3.8) is 0 Å². The van der Waals surface area contributed by atoms with Crippen molar-refractivity contribution >= 4 is 28.4 Å². The van der Waals surface area contributed by atoms with Gasteiger partial charge in [-0.3, -0.25) is 0 Å². The number of benzene rings is 1. The molecule has 5 rings (SSSR count). The zero-order valence-electron chi connectivity index (χ0n) is 13.5. The quantitative estimate of drug-likeness (QED) is 0.590. The normalized spacial score (nSPS) is 13.4. The van der Waals surface area contributed by atoms with Crippen LogP contribution in [0.4, 0.5) is 17.3 Å². The van der Waals surface area contributed by atoms with Gasteiger partial charge in [0.1, 0.15) is 5.65 Å². The summed E-state index contributed by atoms with van der Waals surface area (Å²) >= 11 is 0. The summed E-state index contributed by atoms with van der Waals surface area (Å²) in [5.74, 6) is 0.267. The number of hydrogen-bond acceptors (Lipinski definition) is 5. The molecule has 0 aliphatic carbocycles. The number of hydrogen-bond donors (Lipinski definition) is 2. The average molecular weight is 328 g/mol. The van der Waals surface area contributed by atoms with E-state index in [-0.39, 0.29) is 5.95 Å². The SMILES string of the molecule is Nc1nccc(-c2c[nH]c3nccc(N4CCc5ccccc54)c23)n1. The summed E-state index contributed by atoms with van der Waals surface area (Å²) in [4.78, 5) is 18.5. The van der Waals surface area contributed by atoms with Crippen molar-refractivity contribution < 1.29 is 0 Å². The molecule has 1 aliphatic heterocycles. The fourth-order valence-corrected chi connectivity index (χ4v) is 3.58. The number of nitrogens with two attached hydrogens (primary N) is 1. The molecule has 0 fully saturated rings. The number of aromatic amines is 1. The minimum atomic E-state index is 0.267. The molecule has 1 aromatic carbocycles. The van der Waals surface area contributed by atoms with Gasteiger partial charge in [0.05, 0.1) is 16.8 Å². The Morgan fingerprint density at radius 1 is 1.00 bits per heavy atom. The van der Waals surface area contributed by atoms with E-state index >= 15 is 0 Å². The van der Waals surface area contributed by atoms with Gasteiger partial charge < -0.3 is 15.6 Å². The predicted molar refractivity (Wildman–Crippen MR) is 98.7 cm³/mol. The molecule has 6 nitrogen and oxygen atoms in total. The monoisotopic (exact) mass is 328 g/mol. The van der Waals surface area contributed by atoms with Crippen molar-refractivity contribution in [3.05, 3.63) is 60.6 Å². The molecule has 1 aliphatic rings. The Morgan fingerprint density at radius 2 is 1.88 bits per heavy atom. The highest BCUT2D eigenvalue weighted by Gasteiger charge is 2.23. The van der Waals surface area contributed by atoms with Crippen LogP contribution < -0.4 is 10.6 Å². The van der Waals surface area contributed by atoms with E-state index in [1.165, 1.54) is 11.3 Å². The molecule has 0 atom stereocenters. The van der Waals surface area contributed by atoms with Gasteiger partial charge in [-0.1, -0.05) is 18.2 Å². The van der Waals surface area contributed by atoms with Gasteiger partial charge in [-0.25, -0.2) is 15.0 Å². The smallest absolute Gasteiger partial charge is 0.220 e. The Balaban J connectivity index is 1.74. The fraction of sp³-hybridized carbons (Fsp3) is 0.105. The Bertz CT molecular complexity index is 1080. The molecule has 0 saturated heterocycles. The van der Waals surface area contributed by atoms with Crippen LogP contribution in [0.3, 0.4) is 0 Å². The van der Waals surface area contributed by atoms with E-state index in [9.17, 15) is 0 Å². The standard InChI is InChI=1S/C19H16N6/c20-19-22-8-5-14(24-19)13-11-23-18-17(13)16(6-9-21-18)25-10-7-12-3-1-2-4-15(12)25/h1-6,8-9,11H,7,10H2,(H,21,23)(H2,20,22,24). The molecule has 4 heterocycles. The lowest BCUT2D eigenvalue weighted by Gasteiger charge is -2.21. The molecule has 25 heavy (non-hydrogen) atoms. The second-order valence-corrected chi connectivity index (χ2v) is 6.09. The van der Waals surface area contributed by atoms with Crippen LogP contribution in [-0.4, -0.2) is 26.5 Å². The number of anilines is 3. The van der Waals surface area contributed by atoms with Gasteiger partial charge in [-0.15, -0.1) is 0 Å². The lowest BCUT2D eigenvalue weighted by molar-refractivity contribution is 1.00. The van der Waals surface area contributed by atoms with Crippen LogP contribution in [0.1, 0.15) is 5.56 Å². The van der Waals surface area contributed by atoms with E-state index in [2.05, 4.69) is 55.2 Å². The Kier molecular flexibility index (Phi) is 2.97. The highest BCUT2D eigenvalue weighted by Crippen LogP contribution is 2.40. The molecule has 0 radical (unpaired) electrons. The zero-order valence-corrected chi connectivity index (χ0v) is 13.5. The molecule has 3 aromatic heterocycles. The van der Waals surface area contributed by atoms with Crippen LogP contribution in [0.15, 0.2) is 55.0 Å². The van der Waals surface area contributed by atoms with Gasteiger partial charge >= 0.3 is 0 Å². The zero-order chi connectivity index (χ0) is 16.8. The van der Waals surface area contributed by atoms with Gasteiger partial charge in [0, 0.05) is 36.4 Å². The Labute approximate surface area is 144 Å². The molecular weight excluding hydrogens is 312 g/mol. The third kappa shape index (κ3) is 2.15. The van der Waals surface area contributed by atoms with Gasteiger partial charge in [-0.2, -0.15) is 0 Å². The van der Waals surface area contributed by atoms with E-state index in [0.717, 1.165) is 40.9 Å². The van der Waals surface area contributed by atoms with Gasteiger partial charge in [-0.05, 0) is 30.2 Å². The second-order valence-electron chi connectivity index (χ2n) is 6.09. The van der Waals surface area contributed by atoms with Crippen molar-refractivity contribution in [3.8, 4) is 11.3 Å². The molecule has 3 N–H and O–H groups in total. The molecule has 0 saturated carbocycles. The van der Waals surface area contributed by atoms with Gasteiger partial charge in [0.2, 0.25) is 5.95 Å². The summed E-state index contributed by atoms with van der Waals surface area (Å²) < 4.78 is 0. The number of para-hydroxylation sites is 1. The largest absolute Gasteiger partial charge is 0.368 e. The van der Waals surface area contributed by atoms with Crippen LogP contribution >= 0.6 is 0 Å². The third-order valence-electron chi connectivity index (χ3n) is 4.68. The summed E-state index contributed by atoms with van der Waals surface area (Å²) in [5.41, 5.74) is 12.1. The maximum Gasteiger partial charge on any atom is 0.220 e. The van der Waals surface area contributed by atoms with Crippen molar-refractivity contribution in [2.24, 2.45) is 0 Å². The van der Waals surface area contributed by atoms with Crippen molar-refractivity contribution in [2.45, 2.75) is 6.42 Å². The first kappa shape index (κ1) is 14.0. The highest BCUT2D eigenvalue weighted by molar-refractivity contribution is 6.03. The van der Waals surface area contributed by atoms with E-state index in [1.54, 1.807) is 6.20 Å². The lowest BCUT2D eigenvalue weighted by atomic mass is 10.1. The van der Waals surface area contributed by atoms with Crippen molar-refractivity contribution in [2.75, 3.05) is 17.2 Å². The molecule has 6 heteroatoms. The first-order valence-corrected chi connectivity index (χ1v) is 8.22. The molecule has 0 unspecified atom stereocenters. The molecule has 122 valence electrons. The van der Waals surface area contributed by atoms with E-state index in [1.807, 2.05) is 18.5 Å². The number of pyridine rings is 1. The summed E-state index contributed by atoms with van der Waals surface area (Å²) in [5, 5.41) is 1.05. The second kappa shape index (κ2) is 5.31. The maximum atomic E-state index is 5.77. The summed E-state index contributed by atoms with van der Waals surface area (Å²) in [6, 6.07) is 12.5. The van der Waals surface area contributed by atoms with Crippen LogP contribution in [0.25, 0.3) is 22.3 Å². The molecule has 0 bridgehead atoms. The van der Waals surface area contributed by atoms with Gasteiger partial charge in [0.25, 0.3) is 0 Å². The van der Waals surface area contributed by atoms with Crippen molar-refractivity contribution in [1.82, 2.24) is 19.9 Å². The topological polar surface area (TPSA) is 83.7 Å². The molecule has 0 amide bonds. The summed E-state index contributed by atoms with van der Waals surface area (Å²) in [6.07, 6.45) is 6.50. The number of aromatic nitrogens is 4. The minimum absolute atomic E-state index is 0.267. The number of fused-ring (bicyclic) bond motifs is 2. The average Bonchev–Trinajstić information content (AvgIpc) is 3.26. The van der Waals surface area contributed by atoms with E-state index < -0.39 is 0 Å². The number of H-pyrrole nitrogens is 1. The maximum absolute atomic E-state index is 5.77. The fourth-order valence-electron chi connectivity index (χ4n) is 3.58. The Hall–Kier alpha value is -3.41. The van der Waals surface area contributed by atoms with Crippen LogP contribution in [-0.2, 0) is 6.42 Å². The summed E-state index contributed by atoms with van der Waals surface area (Å²) in [6.45, 7) is 0.953. The first-order valence-electron chi connectivity index (χ1n) is 8.22. The molecule has 4 aromatic rings. The van der Waals surface area contributed by atoms with E-state index in [4.69, 9.17) is 5.73 Å². The summed E-state index contributed by atoms with van der Waals surface area (Å²) in [7, 11) is 0. The number of nitrogens with zero attached hydrogens (tertiary/aromatic N) is 4. The number of nitrogen functional groups attached to an aromatic ring is 1. The Morgan fingerprint density at radius 3 is 2.80 bits per heavy atom. The predicted octanol–water partition coefficient (Wildman–Crippen LogP) is 3.30. The molecule has 0 spiro atoms. The number of nitrogens with one attached hydrogen (secondary N) is 1. The lowest BCUT2D eigenvalue weighted by Crippen LogP contribution is -2.13. The van der Waals surface area contributed by atoms with Crippen LogP contribution in [0.5, 0.6) is 0 Å². The van der Waals surface area contributed by atoms with E-state index in [0.29, 0.717) is 0 Å². The van der Waals surface area contributed by atoms with Crippen molar-refractivity contribution in [1.29, 1.82) is 0 Å². The van der Waals surface area contributed by atoms with Gasteiger partial charge in [0.15, 0.2) is 0 Å². The van der Waals surface area contributed by atoms with Crippen LogP contribution in [0.2, 0.25) is 0 Å². The number of rotatable bonds is 2. The first-order chi connectivity index (χ1) is 12.3. The third-order valence-corrected chi connectivity index (χ3v) is 4.68. The minimum Gasteiger partial charge on any atom is -0.368 e.